The lowest BCUT2D eigenvalue weighted by atomic mass is 10.1. The largest absolute Gasteiger partial charge is 0.507 e. The molecule has 0 spiro atoms. The first kappa shape index (κ1) is 13.4. The third kappa shape index (κ3) is 3.26. The molecule has 0 aliphatic carbocycles. The monoisotopic (exact) mass is 275 g/mol. The molecule has 0 bridgehead atoms. The maximum Gasteiger partial charge on any atom is 0.255 e. The maximum absolute atomic E-state index is 12.0. The van der Waals surface area contributed by atoms with Gasteiger partial charge in [-0.3, -0.25) is 4.79 Å². The molecule has 1 atom stereocenters. The Labute approximate surface area is 116 Å². The second-order valence-electron chi connectivity index (χ2n) is 4.26. The number of amides is 1. The lowest BCUT2D eigenvalue weighted by molar-refractivity contribution is 0.0937. The molecule has 2 N–H and O–H groups in total. The fourth-order valence-corrected chi connectivity index (χ4v) is 1.90. The Morgan fingerprint density at radius 2 is 1.79 bits per heavy atom. The summed E-state index contributed by atoms with van der Waals surface area (Å²) in [5.74, 6) is -0.330. The summed E-state index contributed by atoms with van der Waals surface area (Å²) >= 11 is 5.82. The number of phenols is 1. The van der Waals surface area contributed by atoms with Crippen LogP contribution in [0.1, 0.15) is 28.9 Å². The topological polar surface area (TPSA) is 49.3 Å². The van der Waals surface area contributed by atoms with Crippen molar-refractivity contribution in [1.82, 2.24) is 5.32 Å². The standard InChI is InChI=1S/C15H14ClNO2/c1-10(11-6-8-12(16)9-7-11)17-15(19)13-4-2-3-5-14(13)18/h2-10,18H,1H3,(H,17,19). The maximum atomic E-state index is 12.0. The van der Waals surface area contributed by atoms with Crippen LogP contribution in [-0.4, -0.2) is 11.0 Å². The summed E-state index contributed by atoms with van der Waals surface area (Å²) in [5, 5.41) is 13.1. The van der Waals surface area contributed by atoms with Crippen LogP contribution in [0, 0.1) is 0 Å². The van der Waals surface area contributed by atoms with Crippen LogP contribution in [0.2, 0.25) is 5.02 Å². The molecule has 0 aliphatic heterocycles. The van der Waals surface area contributed by atoms with Gasteiger partial charge in [0.15, 0.2) is 0 Å². The van der Waals surface area contributed by atoms with Gasteiger partial charge in [-0.25, -0.2) is 0 Å². The van der Waals surface area contributed by atoms with Crippen molar-refractivity contribution in [1.29, 1.82) is 0 Å². The van der Waals surface area contributed by atoms with Crippen molar-refractivity contribution in [3.8, 4) is 5.75 Å². The van der Waals surface area contributed by atoms with Crippen molar-refractivity contribution in [3.05, 3.63) is 64.7 Å². The predicted molar refractivity (Wildman–Crippen MR) is 75.4 cm³/mol. The Hall–Kier alpha value is -2.00. The van der Waals surface area contributed by atoms with E-state index in [-0.39, 0.29) is 23.3 Å². The number of hydrogen-bond donors (Lipinski definition) is 2. The number of benzene rings is 2. The van der Waals surface area contributed by atoms with Gasteiger partial charge in [-0.15, -0.1) is 0 Å². The van der Waals surface area contributed by atoms with E-state index in [1.54, 1.807) is 30.3 Å². The molecule has 0 saturated carbocycles. The highest BCUT2D eigenvalue weighted by molar-refractivity contribution is 6.30. The predicted octanol–water partition coefficient (Wildman–Crippen LogP) is 3.54. The Morgan fingerprint density at radius 1 is 1.16 bits per heavy atom. The minimum Gasteiger partial charge on any atom is -0.507 e. The van der Waals surface area contributed by atoms with Gasteiger partial charge in [-0.05, 0) is 36.8 Å². The van der Waals surface area contributed by atoms with Crippen LogP contribution < -0.4 is 5.32 Å². The van der Waals surface area contributed by atoms with Gasteiger partial charge in [0.2, 0.25) is 0 Å². The van der Waals surface area contributed by atoms with E-state index >= 15 is 0 Å². The molecule has 0 aliphatic rings. The van der Waals surface area contributed by atoms with E-state index in [0.717, 1.165) is 5.56 Å². The van der Waals surface area contributed by atoms with Gasteiger partial charge >= 0.3 is 0 Å². The highest BCUT2D eigenvalue weighted by Crippen LogP contribution is 2.19. The summed E-state index contributed by atoms with van der Waals surface area (Å²) in [6.45, 7) is 1.88. The molecule has 4 heteroatoms. The van der Waals surface area contributed by atoms with Crippen molar-refractivity contribution in [2.75, 3.05) is 0 Å². The van der Waals surface area contributed by atoms with Gasteiger partial charge in [0, 0.05) is 5.02 Å². The van der Waals surface area contributed by atoms with Gasteiger partial charge < -0.3 is 10.4 Å². The average molecular weight is 276 g/mol. The first-order valence-electron chi connectivity index (χ1n) is 5.92. The highest BCUT2D eigenvalue weighted by Gasteiger charge is 2.14. The molecule has 2 aromatic carbocycles. The molecule has 3 nitrogen and oxygen atoms in total. The molecule has 19 heavy (non-hydrogen) atoms. The van der Waals surface area contributed by atoms with Gasteiger partial charge in [-0.1, -0.05) is 35.9 Å². The minimum atomic E-state index is -0.305. The third-order valence-corrected chi connectivity index (χ3v) is 3.12. The number of para-hydroxylation sites is 1. The molecule has 0 aromatic heterocycles. The second-order valence-corrected chi connectivity index (χ2v) is 4.70. The van der Waals surface area contributed by atoms with Crippen LogP contribution in [0.15, 0.2) is 48.5 Å². The zero-order valence-electron chi connectivity index (χ0n) is 10.4. The first-order valence-corrected chi connectivity index (χ1v) is 6.30. The molecule has 1 amide bonds. The fraction of sp³-hybridized carbons (Fsp3) is 0.133. The van der Waals surface area contributed by atoms with E-state index in [0.29, 0.717) is 5.02 Å². The molecule has 2 rings (SSSR count). The lowest BCUT2D eigenvalue weighted by Crippen LogP contribution is -2.26. The summed E-state index contributed by atoms with van der Waals surface area (Å²) in [7, 11) is 0. The SMILES string of the molecule is CC(NC(=O)c1ccccc1O)c1ccc(Cl)cc1. The fourth-order valence-electron chi connectivity index (χ4n) is 1.77. The zero-order chi connectivity index (χ0) is 13.8. The molecule has 2 aromatic rings. The number of hydrogen-bond acceptors (Lipinski definition) is 2. The summed E-state index contributed by atoms with van der Waals surface area (Å²) in [4.78, 5) is 12.0. The van der Waals surface area contributed by atoms with E-state index in [9.17, 15) is 9.90 Å². The number of nitrogens with one attached hydrogen (secondary N) is 1. The molecule has 0 fully saturated rings. The van der Waals surface area contributed by atoms with Crippen LogP contribution in [-0.2, 0) is 0 Å². The van der Waals surface area contributed by atoms with Crippen LogP contribution in [0.5, 0.6) is 5.75 Å². The normalized spacial score (nSPS) is 11.9. The van der Waals surface area contributed by atoms with Crippen molar-refractivity contribution < 1.29 is 9.90 Å². The Kier molecular flexibility index (Phi) is 4.07. The summed E-state index contributed by atoms with van der Waals surface area (Å²) in [6, 6.07) is 13.6. The number of carbonyl (C=O) groups excluding carboxylic acids is 1. The van der Waals surface area contributed by atoms with Crippen molar-refractivity contribution in [3.63, 3.8) is 0 Å². The van der Waals surface area contributed by atoms with Crippen LogP contribution in [0.4, 0.5) is 0 Å². The van der Waals surface area contributed by atoms with Crippen molar-refractivity contribution in [2.24, 2.45) is 0 Å². The molecular weight excluding hydrogens is 262 g/mol. The Bertz CT molecular complexity index is 581. The molecule has 0 radical (unpaired) electrons. The average Bonchev–Trinajstić information content (AvgIpc) is 2.39. The summed E-state index contributed by atoms with van der Waals surface area (Å²) in [6.07, 6.45) is 0. The molecule has 1 unspecified atom stereocenters. The molecular formula is C15H14ClNO2. The highest BCUT2D eigenvalue weighted by atomic mass is 35.5. The number of phenolic OH excluding ortho intramolecular Hbond substituents is 1. The Morgan fingerprint density at radius 3 is 2.42 bits per heavy atom. The van der Waals surface area contributed by atoms with E-state index in [4.69, 9.17) is 11.6 Å². The number of rotatable bonds is 3. The van der Waals surface area contributed by atoms with Crippen LogP contribution in [0.25, 0.3) is 0 Å². The van der Waals surface area contributed by atoms with E-state index in [1.807, 2.05) is 19.1 Å². The third-order valence-electron chi connectivity index (χ3n) is 2.87. The quantitative estimate of drug-likeness (QED) is 0.900. The summed E-state index contributed by atoms with van der Waals surface area (Å²) < 4.78 is 0. The zero-order valence-corrected chi connectivity index (χ0v) is 11.2. The van der Waals surface area contributed by atoms with E-state index in [2.05, 4.69) is 5.32 Å². The number of aromatic hydroxyl groups is 1. The van der Waals surface area contributed by atoms with E-state index < -0.39 is 0 Å². The van der Waals surface area contributed by atoms with Crippen molar-refractivity contribution >= 4 is 17.5 Å². The van der Waals surface area contributed by atoms with Gasteiger partial charge in [0.25, 0.3) is 5.91 Å². The van der Waals surface area contributed by atoms with E-state index in [1.165, 1.54) is 6.07 Å². The number of halogens is 1. The molecule has 98 valence electrons. The smallest absolute Gasteiger partial charge is 0.255 e. The minimum absolute atomic E-state index is 0.0247. The second kappa shape index (κ2) is 5.76. The lowest BCUT2D eigenvalue weighted by Gasteiger charge is -2.15. The first-order chi connectivity index (χ1) is 9.08. The van der Waals surface area contributed by atoms with Crippen molar-refractivity contribution in [2.45, 2.75) is 13.0 Å². The number of carbonyl (C=O) groups is 1. The molecule has 0 heterocycles. The summed E-state index contributed by atoms with van der Waals surface area (Å²) in [5.41, 5.74) is 1.22. The van der Waals surface area contributed by atoms with Gasteiger partial charge in [0.1, 0.15) is 5.75 Å². The van der Waals surface area contributed by atoms with Crippen LogP contribution in [0.3, 0.4) is 0 Å². The van der Waals surface area contributed by atoms with Gasteiger partial charge in [0.05, 0.1) is 11.6 Å². The van der Waals surface area contributed by atoms with Crippen LogP contribution >= 0.6 is 11.6 Å². The molecule has 0 saturated heterocycles. The Balaban J connectivity index is 2.11. The van der Waals surface area contributed by atoms with Gasteiger partial charge in [-0.2, -0.15) is 0 Å².